The van der Waals surface area contributed by atoms with Gasteiger partial charge < -0.3 is 35.1 Å². The fraction of sp³-hybridized carbons (Fsp3) is 0.467. The fourth-order valence-electron chi connectivity index (χ4n) is 4.71. The molecule has 0 bridgehead atoms. The Morgan fingerprint density at radius 3 is 2.29 bits per heavy atom. The van der Waals surface area contributed by atoms with Gasteiger partial charge in [-0.25, -0.2) is 4.79 Å². The molecule has 1 atom stereocenters. The highest BCUT2D eigenvalue weighted by atomic mass is 16.7. The van der Waals surface area contributed by atoms with Crippen molar-refractivity contribution in [3.63, 3.8) is 0 Å². The molecule has 2 aromatic rings. The highest BCUT2D eigenvalue weighted by Gasteiger charge is 2.53. The third-order valence-electron chi connectivity index (χ3n) is 6.55. The summed E-state index contributed by atoms with van der Waals surface area (Å²) in [5.74, 6) is -1.29. The van der Waals surface area contributed by atoms with E-state index in [9.17, 15) is 19.2 Å². The van der Waals surface area contributed by atoms with Crippen LogP contribution in [0.5, 0.6) is 0 Å². The number of anilines is 2. The summed E-state index contributed by atoms with van der Waals surface area (Å²) in [6.07, 6.45) is -0.521. The van der Waals surface area contributed by atoms with Crippen molar-refractivity contribution in [3.05, 3.63) is 59.7 Å². The van der Waals surface area contributed by atoms with E-state index in [1.54, 1.807) is 43.3 Å². The molecule has 1 heterocycles. The average Bonchev–Trinajstić information content (AvgIpc) is 3.15. The first-order valence-electron chi connectivity index (χ1n) is 14.0. The molecule has 11 nitrogen and oxygen atoms in total. The lowest BCUT2D eigenvalue weighted by Gasteiger charge is -2.30. The third-order valence-corrected chi connectivity index (χ3v) is 6.55. The van der Waals surface area contributed by atoms with Crippen molar-refractivity contribution in [3.8, 4) is 0 Å². The van der Waals surface area contributed by atoms with Crippen LogP contribution in [0.15, 0.2) is 48.5 Å². The minimum atomic E-state index is -1.69. The molecular weight excluding hydrogens is 528 g/mol. The van der Waals surface area contributed by atoms with Crippen molar-refractivity contribution in [2.45, 2.75) is 58.8 Å². The number of fused-ring (bicyclic) bond motifs is 1. The van der Waals surface area contributed by atoms with Gasteiger partial charge in [0.15, 0.2) is 11.8 Å². The number of para-hydroxylation sites is 1. The minimum absolute atomic E-state index is 0.0711. The summed E-state index contributed by atoms with van der Waals surface area (Å²) in [6.45, 7) is 8.65. The van der Waals surface area contributed by atoms with E-state index in [0.29, 0.717) is 36.6 Å². The van der Waals surface area contributed by atoms with Crippen molar-refractivity contribution >= 4 is 35.2 Å². The van der Waals surface area contributed by atoms with Crippen LogP contribution < -0.4 is 20.9 Å². The van der Waals surface area contributed by atoms with E-state index < -0.39 is 29.7 Å². The van der Waals surface area contributed by atoms with Crippen molar-refractivity contribution in [2.75, 3.05) is 43.1 Å². The molecule has 1 aliphatic rings. The second-order valence-corrected chi connectivity index (χ2v) is 9.56. The summed E-state index contributed by atoms with van der Waals surface area (Å²) in [5, 5.41) is 8.36. The Labute approximate surface area is 240 Å². The standard InChI is InChI=1S/C30H40N4O7/c1-5-39-26(36)13-10-18-31-25(35)19-30(33-29(38)32-22-16-14-21(4)15-17-22)23-11-8-9-12-24(23)34(28(30)37)20-27(40-6-2)41-7-3/h8-9,11-12,14-17,27H,5-7,10,13,18-20H2,1-4H3,(H,31,35)(H2,32,33,38). The highest BCUT2D eigenvalue weighted by molar-refractivity contribution is 6.12. The maximum Gasteiger partial charge on any atom is 0.320 e. The molecule has 3 N–H and O–H groups in total. The van der Waals surface area contributed by atoms with E-state index in [1.165, 1.54) is 4.90 Å². The zero-order valence-corrected chi connectivity index (χ0v) is 24.2. The van der Waals surface area contributed by atoms with Crippen LogP contribution in [0.25, 0.3) is 0 Å². The molecular formula is C30H40N4O7. The molecule has 1 unspecified atom stereocenters. The third kappa shape index (κ3) is 8.27. The lowest BCUT2D eigenvalue weighted by Crippen LogP contribution is -2.57. The van der Waals surface area contributed by atoms with Crippen LogP contribution in [-0.2, 0) is 34.1 Å². The molecule has 2 aromatic carbocycles. The van der Waals surface area contributed by atoms with Gasteiger partial charge in [-0.3, -0.25) is 14.4 Å². The monoisotopic (exact) mass is 568 g/mol. The summed E-state index contributed by atoms with van der Waals surface area (Å²) >= 11 is 0. The van der Waals surface area contributed by atoms with E-state index in [0.717, 1.165) is 5.56 Å². The number of rotatable bonds is 15. The predicted molar refractivity (Wildman–Crippen MR) is 154 cm³/mol. The molecule has 222 valence electrons. The molecule has 4 amide bonds. The zero-order chi connectivity index (χ0) is 29.8. The Kier molecular flexibility index (Phi) is 11.7. The molecule has 1 aliphatic heterocycles. The summed E-state index contributed by atoms with van der Waals surface area (Å²) in [7, 11) is 0. The quantitative estimate of drug-likeness (QED) is 0.170. The average molecular weight is 569 g/mol. The molecule has 11 heteroatoms. The van der Waals surface area contributed by atoms with Gasteiger partial charge in [-0.05, 0) is 52.3 Å². The van der Waals surface area contributed by atoms with Crippen LogP contribution in [-0.4, -0.2) is 63.0 Å². The first kappa shape index (κ1) is 31.6. The Morgan fingerprint density at radius 1 is 0.951 bits per heavy atom. The zero-order valence-electron chi connectivity index (χ0n) is 24.2. The molecule has 0 saturated heterocycles. The molecule has 0 aromatic heterocycles. The maximum atomic E-state index is 14.2. The van der Waals surface area contributed by atoms with Crippen LogP contribution >= 0.6 is 0 Å². The van der Waals surface area contributed by atoms with E-state index >= 15 is 0 Å². The van der Waals surface area contributed by atoms with E-state index in [1.807, 2.05) is 32.9 Å². The van der Waals surface area contributed by atoms with E-state index in [4.69, 9.17) is 14.2 Å². The largest absolute Gasteiger partial charge is 0.466 e. The summed E-state index contributed by atoms with van der Waals surface area (Å²) in [5.41, 5.74) is 0.903. The van der Waals surface area contributed by atoms with Crippen LogP contribution in [0, 0.1) is 6.92 Å². The summed E-state index contributed by atoms with van der Waals surface area (Å²) < 4.78 is 16.3. The Morgan fingerprint density at radius 2 is 1.63 bits per heavy atom. The number of ether oxygens (including phenoxy) is 3. The smallest absolute Gasteiger partial charge is 0.320 e. The van der Waals surface area contributed by atoms with Gasteiger partial charge in [0, 0.05) is 37.4 Å². The fourth-order valence-corrected chi connectivity index (χ4v) is 4.71. The molecule has 0 fully saturated rings. The number of hydrogen-bond acceptors (Lipinski definition) is 7. The van der Waals surface area contributed by atoms with Gasteiger partial charge in [0.25, 0.3) is 5.91 Å². The van der Waals surface area contributed by atoms with Crippen molar-refractivity contribution in [1.82, 2.24) is 10.6 Å². The molecule has 41 heavy (non-hydrogen) atoms. The number of hydrogen-bond donors (Lipinski definition) is 3. The number of amides is 4. The number of carbonyl (C=O) groups is 4. The van der Waals surface area contributed by atoms with Crippen LogP contribution in [0.2, 0.25) is 0 Å². The summed E-state index contributed by atoms with van der Waals surface area (Å²) in [4.78, 5) is 53.9. The maximum absolute atomic E-state index is 14.2. The molecule has 0 aliphatic carbocycles. The Bertz CT molecular complexity index is 1200. The van der Waals surface area contributed by atoms with Gasteiger partial charge in [0.1, 0.15) is 0 Å². The SMILES string of the molecule is CCOC(=O)CCCNC(=O)CC1(NC(=O)Nc2ccc(C)cc2)C(=O)N(CC(OCC)OCC)c2ccccc21. The summed E-state index contributed by atoms with van der Waals surface area (Å²) in [6, 6.07) is 13.6. The number of aryl methyl sites for hydroxylation is 1. The van der Waals surface area contributed by atoms with Gasteiger partial charge in [-0.15, -0.1) is 0 Å². The van der Waals surface area contributed by atoms with Gasteiger partial charge in [-0.1, -0.05) is 35.9 Å². The Hall–Kier alpha value is -3.96. The highest BCUT2D eigenvalue weighted by Crippen LogP contribution is 2.42. The lowest BCUT2D eigenvalue weighted by molar-refractivity contribution is -0.143. The number of urea groups is 1. The predicted octanol–water partition coefficient (Wildman–Crippen LogP) is 3.61. The molecule has 0 radical (unpaired) electrons. The minimum Gasteiger partial charge on any atom is -0.466 e. The van der Waals surface area contributed by atoms with Gasteiger partial charge >= 0.3 is 12.0 Å². The van der Waals surface area contributed by atoms with Gasteiger partial charge in [-0.2, -0.15) is 0 Å². The molecule has 0 saturated carbocycles. The second kappa shape index (κ2) is 15.2. The number of nitrogens with one attached hydrogen (secondary N) is 3. The number of carbonyl (C=O) groups excluding carboxylic acids is 4. The van der Waals surface area contributed by atoms with Gasteiger partial charge in [0.2, 0.25) is 5.91 Å². The van der Waals surface area contributed by atoms with E-state index in [2.05, 4.69) is 16.0 Å². The lowest BCUT2D eigenvalue weighted by atomic mass is 9.87. The van der Waals surface area contributed by atoms with Crippen molar-refractivity contribution < 1.29 is 33.4 Å². The van der Waals surface area contributed by atoms with E-state index in [-0.39, 0.29) is 38.5 Å². The first-order valence-corrected chi connectivity index (χ1v) is 14.0. The number of nitrogens with zero attached hydrogens (tertiary/aromatic N) is 1. The number of benzene rings is 2. The van der Waals surface area contributed by atoms with Crippen molar-refractivity contribution in [2.24, 2.45) is 0 Å². The topological polar surface area (TPSA) is 135 Å². The number of esters is 1. The second-order valence-electron chi connectivity index (χ2n) is 9.56. The van der Waals surface area contributed by atoms with Crippen LogP contribution in [0.3, 0.4) is 0 Å². The first-order chi connectivity index (χ1) is 19.7. The normalized spacial score (nSPS) is 15.9. The Balaban J connectivity index is 1.88. The van der Waals surface area contributed by atoms with Gasteiger partial charge in [0.05, 0.1) is 25.3 Å². The molecule has 0 spiro atoms. The molecule has 3 rings (SSSR count). The van der Waals surface area contributed by atoms with Crippen LogP contribution in [0.4, 0.5) is 16.2 Å². The van der Waals surface area contributed by atoms with Crippen LogP contribution in [0.1, 0.15) is 51.2 Å². The van der Waals surface area contributed by atoms with Crippen molar-refractivity contribution in [1.29, 1.82) is 0 Å².